The highest BCUT2D eigenvalue weighted by Gasteiger charge is 2.25. The van der Waals surface area contributed by atoms with Gasteiger partial charge in [-0.2, -0.15) is 4.98 Å². The molecule has 1 aliphatic rings. The normalized spacial score (nSPS) is 21.6. The van der Waals surface area contributed by atoms with Crippen LogP contribution in [0.25, 0.3) is 0 Å². The second-order valence-corrected chi connectivity index (χ2v) is 4.45. The molecule has 1 unspecified atom stereocenters. The molecule has 0 aromatic carbocycles. The summed E-state index contributed by atoms with van der Waals surface area (Å²) >= 11 is 0. The van der Waals surface area contributed by atoms with Crippen LogP contribution >= 0.6 is 0 Å². The standard InChI is InChI=1S/C11H17N3O3/c1-8-12-10(13-17-8)7-14-5-3-2-4-9(14)6-11(15)16/h9H,2-7H2,1H3,(H,15,16). The first-order valence-corrected chi connectivity index (χ1v) is 5.90. The highest BCUT2D eigenvalue weighted by molar-refractivity contribution is 5.67. The van der Waals surface area contributed by atoms with Crippen LogP contribution in [0.4, 0.5) is 0 Å². The molecule has 17 heavy (non-hydrogen) atoms. The van der Waals surface area contributed by atoms with Crippen molar-refractivity contribution in [1.29, 1.82) is 0 Å². The maximum atomic E-state index is 10.8. The average molecular weight is 239 g/mol. The van der Waals surface area contributed by atoms with E-state index in [4.69, 9.17) is 9.63 Å². The summed E-state index contributed by atoms with van der Waals surface area (Å²) in [5, 5.41) is 12.7. The van der Waals surface area contributed by atoms with Gasteiger partial charge in [-0.3, -0.25) is 9.69 Å². The molecule has 0 saturated carbocycles. The summed E-state index contributed by atoms with van der Waals surface area (Å²) in [5.41, 5.74) is 0. The van der Waals surface area contributed by atoms with Crippen LogP contribution in [0.5, 0.6) is 0 Å². The van der Waals surface area contributed by atoms with Gasteiger partial charge in [-0.05, 0) is 19.4 Å². The fourth-order valence-electron chi connectivity index (χ4n) is 2.29. The molecule has 0 bridgehead atoms. The van der Waals surface area contributed by atoms with Crippen LogP contribution in [0.15, 0.2) is 4.52 Å². The Kier molecular flexibility index (Phi) is 3.73. The highest BCUT2D eigenvalue weighted by Crippen LogP contribution is 2.21. The number of carboxylic acid groups (broad SMARTS) is 1. The van der Waals surface area contributed by atoms with Crippen LogP contribution in [0.1, 0.15) is 37.4 Å². The van der Waals surface area contributed by atoms with E-state index in [0.29, 0.717) is 18.3 Å². The first-order chi connectivity index (χ1) is 8.15. The molecule has 2 rings (SSSR count). The summed E-state index contributed by atoms with van der Waals surface area (Å²) in [5.74, 6) is 0.442. The molecule has 1 atom stereocenters. The van der Waals surface area contributed by atoms with Crippen LogP contribution in [-0.2, 0) is 11.3 Å². The van der Waals surface area contributed by atoms with Gasteiger partial charge in [0.05, 0.1) is 13.0 Å². The van der Waals surface area contributed by atoms with Gasteiger partial charge in [0, 0.05) is 13.0 Å². The van der Waals surface area contributed by atoms with Gasteiger partial charge in [-0.25, -0.2) is 0 Å². The summed E-state index contributed by atoms with van der Waals surface area (Å²) in [7, 11) is 0. The maximum Gasteiger partial charge on any atom is 0.304 e. The molecule has 0 radical (unpaired) electrons. The van der Waals surface area contributed by atoms with Crippen LogP contribution in [0, 0.1) is 6.92 Å². The van der Waals surface area contributed by atoms with E-state index < -0.39 is 5.97 Å². The molecular weight excluding hydrogens is 222 g/mol. The van der Waals surface area contributed by atoms with Gasteiger partial charge in [-0.1, -0.05) is 11.6 Å². The van der Waals surface area contributed by atoms with E-state index in [9.17, 15) is 4.79 Å². The number of aryl methyl sites for hydroxylation is 1. The third-order valence-electron chi connectivity index (χ3n) is 3.07. The number of hydrogen-bond acceptors (Lipinski definition) is 5. The van der Waals surface area contributed by atoms with Crippen molar-refractivity contribution in [2.45, 2.75) is 45.2 Å². The lowest BCUT2D eigenvalue weighted by Crippen LogP contribution is -2.40. The number of piperidine rings is 1. The molecule has 94 valence electrons. The first-order valence-electron chi connectivity index (χ1n) is 5.90. The Morgan fingerprint density at radius 2 is 2.41 bits per heavy atom. The Labute approximate surface area is 99.6 Å². The van der Waals surface area contributed by atoms with Crippen LogP contribution in [0.2, 0.25) is 0 Å². The van der Waals surface area contributed by atoms with Crippen LogP contribution in [0.3, 0.4) is 0 Å². The Morgan fingerprint density at radius 1 is 1.59 bits per heavy atom. The largest absolute Gasteiger partial charge is 0.481 e. The van der Waals surface area contributed by atoms with E-state index in [1.165, 1.54) is 0 Å². The zero-order valence-electron chi connectivity index (χ0n) is 9.93. The second kappa shape index (κ2) is 5.27. The molecular formula is C11H17N3O3. The number of carboxylic acids is 1. The number of rotatable bonds is 4. The van der Waals surface area contributed by atoms with Crippen molar-refractivity contribution in [3.63, 3.8) is 0 Å². The molecule has 0 amide bonds. The number of carbonyl (C=O) groups is 1. The van der Waals surface area contributed by atoms with Crippen molar-refractivity contribution in [2.24, 2.45) is 0 Å². The molecule has 1 aromatic heterocycles. The summed E-state index contributed by atoms with van der Waals surface area (Å²) in [6, 6.07) is 0.0973. The molecule has 1 N–H and O–H groups in total. The Morgan fingerprint density at radius 3 is 3.06 bits per heavy atom. The number of likely N-dealkylation sites (tertiary alicyclic amines) is 1. The minimum absolute atomic E-state index is 0.0973. The molecule has 1 aromatic rings. The Bertz CT molecular complexity index is 391. The van der Waals surface area contributed by atoms with Gasteiger partial charge >= 0.3 is 5.97 Å². The van der Waals surface area contributed by atoms with E-state index in [1.54, 1.807) is 6.92 Å². The first kappa shape index (κ1) is 12.0. The van der Waals surface area contributed by atoms with Crippen LogP contribution in [-0.4, -0.2) is 38.7 Å². The topological polar surface area (TPSA) is 79.5 Å². The van der Waals surface area contributed by atoms with E-state index >= 15 is 0 Å². The lowest BCUT2D eigenvalue weighted by Gasteiger charge is -2.33. The molecule has 2 heterocycles. The van der Waals surface area contributed by atoms with E-state index in [-0.39, 0.29) is 12.5 Å². The van der Waals surface area contributed by atoms with Crippen molar-refractivity contribution in [2.75, 3.05) is 6.54 Å². The third kappa shape index (κ3) is 3.26. The molecule has 6 nitrogen and oxygen atoms in total. The summed E-state index contributed by atoms with van der Waals surface area (Å²) in [6.07, 6.45) is 3.33. The number of aromatic nitrogens is 2. The Balaban J connectivity index is 1.98. The zero-order valence-corrected chi connectivity index (χ0v) is 9.93. The minimum Gasteiger partial charge on any atom is -0.481 e. The van der Waals surface area contributed by atoms with Gasteiger partial charge < -0.3 is 9.63 Å². The average Bonchev–Trinajstić information content (AvgIpc) is 2.66. The van der Waals surface area contributed by atoms with Crippen molar-refractivity contribution in [3.8, 4) is 0 Å². The predicted octanol–water partition coefficient (Wildman–Crippen LogP) is 1.21. The van der Waals surface area contributed by atoms with Gasteiger partial charge in [0.1, 0.15) is 0 Å². The van der Waals surface area contributed by atoms with E-state index in [1.807, 2.05) is 0 Å². The van der Waals surface area contributed by atoms with Gasteiger partial charge in [0.15, 0.2) is 5.82 Å². The number of hydrogen-bond donors (Lipinski definition) is 1. The number of nitrogens with zero attached hydrogens (tertiary/aromatic N) is 3. The molecule has 0 spiro atoms. The molecule has 6 heteroatoms. The fourth-order valence-corrected chi connectivity index (χ4v) is 2.29. The summed E-state index contributed by atoms with van der Waals surface area (Å²) in [4.78, 5) is 17.1. The van der Waals surface area contributed by atoms with E-state index in [0.717, 1.165) is 25.8 Å². The van der Waals surface area contributed by atoms with Gasteiger partial charge in [-0.15, -0.1) is 0 Å². The fraction of sp³-hybridized carbons (Fsp3) is 0.727. The predicted molar refractivity (Wildman–Crippen MR) is 59.3 cm³/mol. The van der Waals surface area contributed by atoms with Crippen LogP contribution < -0.4 is 0 Å². The Hall–Kier alpha value is -1.43. The molecule has 1 saturated heterocycles. The van der Waals surface area contributed by atoms with Gasteiger partial charge in [0.2, 0.25) is 5.89 Å². The van der Waals surface area contributed by atoms with Gasteiger partial charge in [0.25, 0.3) is 0 Å². The molecule has 1 fully saturated rings. The number of aliphatic carboxylic acids is 1. The summed E-state index contributed by atoms with van der Waals surface area (Å²) in [6.45, 7) is 3.24. The third-order valence-corrected chi connectivity index (χ3v) is 3.07. The second-order valence-electron chi connectivity index (χ2n) is 4.45. The lowest BCUT2D eigenvalue weighted by atomic mass is 9.99. The van der Waals surface area contributed by atoms with Crippen molar-refractivity contribution in [1.82, 2.24) is 15.0 Å². The summed E-state index contributed by atoms with van der Waals surface area (Å²) < 4.78 is 4.92. The van der Waals surface area contributed by atoms with E-state index in [2.05, 4.69) is 15.0 Å². The minimum atomic E-state index is -0.744. The quantitative estimate of drug-likeness (QED) is 0.850. The zero-order chi connectivity index (χ0) is 12.3. The van der Waals surface area contributed by atoms with Crippen molar-refractivity contribution < 1.29 is 14.4 Å². The molecule has 0 aliphatic carbocycles. The smallest absolute Gasteiger partial charge is 0.304 e. The monoisotopic (exact) mass is 239 g/mol. The van der Waals surface area contributed by atoms with Crippen molar-refractivity contribution >= 4 is 5.97 Å². The molecule has 1 aliphatic heterocycles. The maximum absolute atomic E-state index is 10.8. The SMILES string of the molecule is Cc1nc(CN2CCCCC2CC(=O)O)no1. The van der Waals surface area contributed by atoms with Crippen molar-refractivity contribution in [3.05, 3.63) is 11.7 Å². The highest BCUT2D eigenvalue weighted by atomic mass is 16.5. The lowest BCUT2D eigenvalue weighted by molar-refractivity contribution is -0.138.